The molecule has 3 rings (SSSR count). The predicted molar refractivity (Wildman–Crippen MR) is 101 cm³/mol. The molecule has 1 fully saturated rings. The van der Waals surface area contributed by atoms with Gasteiger partial charge in [-0.3, -0.25) is 0 Å². The van der Waals surface area contributed by atoms with Crippen molar-refractivity contribution in [1.29, 1.82) is 5.26 Å². The zero-order valence-corrected chi connectivity index (χ0v) is 15.1. The van der Waals surface area contributed by atoms with E-state index in [9.17, 15) is 4.91 Å². The SMILES string of the molecule is Cc1cc(C#N)ncc1Nc1ncc(N(C)N=O)c(NC2CCOCC2)n1. The highest BCUT2D eigenvalue weighted by molar-refractivity contribution is 5.68. The minimum absolute atomic E-state index is 0.193. The van der Waals surface area contributed by atoms with Gasteiger partial charge in [-0.15, -0.1) is 4.91 Å². The van der Waals surface area contributed by atoms with Crippen LogP contribution in [0.15, 0.2) is 23.7 Å². The topological polar surface area (TPSA) is 128 Å². The van der Waals surface area contributed by atoms with Gasteiger partial charge in [0.1, 0.15) is 17.5 Å². The van der Waals surface area contributed by atoms with Crippen molar-refractivity contribution in [3.05, 3.63) is 34.6 Å². The maximum Gasteiger partial charge on any atom is 0.229 e. The molecule has 0 spiro atoms. The average Bonchev–Trinajstić information content (AvgIpc) is 2.70. The Labute approximate surface area is 156 Å². The smallest absolute Gasteiger partial charge is 0.229 e. The molecule has 0 radical (unpaired) electrons. The van der Waals surface area contributed by atoms with Crippen LogP contribution in [0.25, 0.3) is 0 Å². The third kappa shape index (κ3) is 4.45. The van der Waals surface area contributed by atoms with E-state index in [2.05, 4.69) is 30.9 Å². The molecular weight excluding hydrogens is 348 g/mol. The van der Waals surface area contributed by atoms with Gasteiger partial charge in [0.15, 0.2) is 5.82 Å². The maximum absolute atomic E-state index is 11.0. The van der Waals surface area contributed by atoms with Gasteiger partial charge in [0.2, 0.25) is 5.95 Å². The summed E-state index contributed by atoms with van der Waals surface area (Å²) in [6.45, 7) is 3.23. The molecule has 1 aliphatic heterocycles. The van der Waals surface area contributed by atoms with Crippen molar-refractivity contribution in [2.24, 2.45) is 5.29 Å². The molecule has 0 aliphatic carbocycles. The highest BCUT2D eigenvalue weighted by atomic mass is 16.5. The summed E-state index contributed by atoms with van der Waals surface area (Å²) in [5, 5.41) is 19.5. The molecule has 140 valence electrons. The highest BCUT2D eigenvalue weighted by Gasteiger charge is 2.19. The lowest BCUT2D eigenvalue weighted by atomic mass is 10.1. The number of hydrogen-bond donors (Lipinski definition) is 2. The quantitative estimate of drug-likeness (QED) is 0.583. The van der Waals surface area contributed by atoms with E-state index < -0.39 is 0 Å². The van der Waals surface area contributed by atoms with Crippen molar-refractivity contribution in [3.63, 3.8) is 0 Å². The van der Waals surface area contributed by atoms with Crippen LogP contribution in [-0.2, 0) is 4.74 Å². The van der Waals surface area contributed by atoms with Crippen molar-refractivity contribution >= 4 is 23.1 Å². The van der Waals surface area contributed by atoms with Gasteiger partial charge in [0.05, 0.1) is 23.4 Å². The maximum atomic E-state index is 11.0. The minimum atomic E-state index is 0.193. The third-order valence-electron chi connectivity index (χ3n) is 4.27. The van der Waals surface area contributed by atoms with Crippen LogP contribution in [0.4, 0.5) is 23.1 Å². The number of ether oxygens (including phenoxy) is 1. The van der Waals surface area contributed by atoms with Gasteiger partial charge in [-0.25, -0.2) is 15.0 Å². The molecule has 0 atom stereocenters. The first kappa shape index (κ1) is 18.5. The van der Waals surface area contributed by atoms with E-state index in [1.165, 1.54) is 11.2 Å². The molecule has 10 nitrogen and oxygen atoms in total. The summed E-state index contributed by atoms with van der Waals surface area (Å²) in [4.78, 5) is 23.8. The number of aromatic nitrogens is 3. The van der Waals surface area contributed by atoms with E-state index in [0.29, 0.717) is 42.0 Å². The Morgan fingerprint density at radius 2 is 2.11 bits per heavy atom. The van der Waals surface area contributed by atoms with Crippen LogP contribution in [0.5, 0.6) is 0 Å². The minimum Gasteiger partial charge on any atom is -0.381 e. The molecule has 0 amide bonds. The molecule has 27 heavy (non-hydrogen) atoms. The van der Waals surface area contributed by atoms with E-state index in [0.717, 1.165) is 18.4 Å². The van der Waals surface area contributed by atoms with Crippen molar-refractivity contribution in [2.45, 2.75) is 25.8 Å². The van der Waals surface area contributed by atoms with Crippen molar-refractivity contribution < 1.29 is 4.74 Å². The third-order valence-corrected chi connectivity index (χ3v) is 4.27. The first-order valence-electron chi connectivity index (χ1n) is 8.53. The summed E-state index contributed by atoms with van der Waals surface area (Å²) in [7, 11) is 1.54. The molecule has 1 saturated heterocycles. The Hall–Kier alpha value is -3.32. The number of nitrogens with one attached hydrogen (secondary N) is 2. The number of aryl methyl sites for hydroxylation is 1. The van der Waals surface area contributed by atoms with E-state index in [1.807, 2.05) is 13.0 Å². The molecule has 0 aromatic carbocycles. The fourth-order valence-corrected chi connectivity index (χ4v) is 2.73. The van der Waals surface area contributed by atoms with Gasteiger partial charge in [0, 0.05) is 26.3 Å². The number of nitrogens with zero attached hydrogens (tertiary/aromatic N) is 6. The van der Waals surface area contributed by atoms with Crippen LogP contribution in [0.2, 0.25) is 0 Å². The van der Waals surface area contributed by atoms with E-state index >= 15 is 0 Å². The number of nitroso groups, excluding NO2 is 1. The Balaban J connectivity index is 1.86. The number of nitriles is 1. The first-order chi connectivity index (χ1) is 13.1. The van der Waals surface area contributed by atoms with Gasteiger partial charge >= 0.3 is 0 Å². The van der Waals surface area contributed by atoms with Crippen molar-refractivity contribution in [3.8, 4) is 6.07 Å². The van der Waals surface area contributed by atoms with Gasteiger partial charge in [-0.2, -0.15) is 10.2 Å². The van der Waals surface area contributed by atoms with Crippen LogP contribution in [0.1, 0.15) is 24.1 Å². The van der Waals surface area contributed by atoms with Gasteiger partial charge in [-0.05, 0) is 31.4 Å². The molecule has 0 unspecified atom stereocenters. The molecule has 2 aromatic heterocycles. The van der Waals surface area contributed by atoms with Crippen LogP contribution < -0.4 is 15.6 Å². The lowest BCUT2D eigenvalue weighted by molar-refractivity contribution is 0.0904. The van der Waals surface area contributed by atoms with Crippen molar-refractivity contribution in [2.75, 3.05) is 35.9 Å². The summed E-state index contributed by atoms with van der Waals surface area (Å²) >= 11 is 0. The second-order valence-electron chi connectivity index (χ2n) is 6.18. The largest absolute Gasteiger partial charge is 0.381 e. The van der Waals surface area contributed by atoms with Crippen LogP contribution in [0, 0.1) is 23.2 Å². The molecule has 2 N–H and O–H groups in total. The Bertz CT molecular complexity index is 860. The average molecular weight is 368 g/mol. The summed E-state index contributed by atoms with van der Waals surface area (Å²) in [6, 6.07) is 3.88. The second-order valence-corrected chi connectivity index (χ2v) is 6.18. The van der Waals surface area contributed by atoms with Crippen molar-refractivity contribution in [1.82, 2.24) is 15.0 Å². The van der Waals surface area contributed by atoms with Crippen LogP contribution in [0.3, 0.4) is 0 Å². The number of rotatable bonds is 6. The lowest BCUT2D eigenvalue weighted by Crippen LogP contribution is -2.29. The molecule has 0 bridgehead atoms. The number of pyridine rings is 1. The standard InChI is InChI=1S/C17H20N8O2/c1-11-7-13(8-18)19-9-14(11)22-17-20-10-15(25(2)24-26)16(23-17)21-12-3-5-27-6-4-12/h7,9-10,12H,3-6H2,1-2H3,(H2,20,21,22,23). The second kappa shape index (κ2) is 8.37. The molecule has 2 aromatic rings. The molecule has 10 heteroatoms. The molecule has 3 heterocycles. The van der Waals surface area contributed by atoms with E-state index in [4.69, 9.17) is 10.00 Å². The van der Waals surface area contributed by atoms with Gasteiger partial charge in [0.25, 0.3) is 0 Å². The summed E-state index contributed by atoms with van der Waals surface area (Å²) < 4.78 is 5.38. The zero-order valence-electron chi connectivity index (χ0n) is 15.1. The van der Waals surface area contributed by atoms with Gasteiger partial charge < -0.3 is 15.4 Å². The molecule has 0 saturated carbocycles. The lowest BCUT2D eigenvalue weighted by Gasteiger charge is -2.25. The summed E-state index contributed by atoms with van der Waals surface area (Å²) in [5.74, 6) is 0.864. The van der Waals surface area contributed by atoms with Gasteiger partial charge in [-0.1, -0.05) is 0 Å². The fourth-order valence-electron chi connectivity index (χ4n) is 2.73. The number of anilines is 4. The van der Waals surface area contributed by atoms with E-state index in [-0.39, 0.29) is 6.04 Å². The fraction of sp³-hybridized carbons (Fsp3) is 0.412. The molecular formula is C17H20N8O2. The van der Waals surface area contributed by atoms with Crippen LogP contribution >= 0.6 is 0 Å². The summed E-state index contributed by atoms with van der Waals surface area (Å²) in [5.41, 5.74) is 2.37. The highest BCUT2D eigenvalue weighted by Crippen LogP contribution is 2.27. The van der Waals surface area contributed by atoms with Crippen LogP contribution in [-0.4, -0.2) is 41.3 Å². The first-order valence-corrected chi connectivity index (χ1v) is 8.53. The van der Waals surface area contributed by atoms with E-state index in [1.54, 1.807) is 19.3 Å². The zero-order chi connectivity index (χ0) is 19.2. The molecule has 1 aliphatic rings. The Morgan fingerprint density at radius 3 is 2.78 bits per heavy atom. The monoisotopic (exact) mass is 368 g/mol. The number of hydrogen-bond acceptors (Lipinski definition) is 9. The predicted octanol–water partition coefficient (Wildman–Crippen LogP) is 2.50. The summed E-state index contributed by atoms with van der Waals surface area (Å²) in [6.07, 6.45) is 4.80. The Kier molecular flexibility index (Phi) is 5.73. The normalized spacial score (nSPS) is 14.3. The Morgan fingerprint density at radius 1 is 1.33 bits per heavy atom.